The van der Waals surface area contributed by atoms with Crippen LogP contribution in [-0.4, -0.2) is 211 Å². The molecule has 30 nitrogen and oxygen atoms in total. The minimum Gasteiger partial charge on any atom is -0.480 e. The predicted octanol–water partition coefficient (Wildman–Crippen LogP) is 4.57. The van der Waals surface area contributed by atoms with Crippen molar-refractivity contribution in [3.05, 3.63) is 48.7 Å². The highest BCUT2D eigenvalue weighted by Crippen LogP contribution is 2.35. The molecule has 31 heteroatoms. The van der Waals surface area contributed by atoms with Gasteiger partial charge in [-0.05, 0) is 44.1 Å². The van der Waals surface area contributed by atoms with E-state index in [-0.39, 0.29) is 91.6 Å². The standard InChI is InChI=1S/C62H91N7O23S/c1-33(16-18-48(92-62(81)51(85-11)30-82-8)37(5)56(90-38(6)71)34(2)20-21-69(7)32-70)49(84-10)25-50-36(4)47(83-9)14-13-15-53-66-43(28-87-53)59-68-44(29-89-59)60-67-42(27-88-60)57(86-12)35(3)46(73)24-40(22-39(72)23-55(77)91-50)93-31-45(58(78)64-26-54(75)76)65-52(74)19-17-41(63)61(79)80/h13,15,20-21,27-29,32-37,39-41,45,47-51,56-57,72H,14,16-19,22-26,30-31,63H2,1-12H3,(H,64,78)(H,65,74)(H,75,76)(H,79,80)/t33-,34-,35+,36-,37-,39-,40-,41-,45-,47-,48+,49-,50-,51+,56+,57-/m0/s1. The molecule has 4 heterocycles. The van der Waals surface area contributed by atoms with E-state index in [4.69, 9.17) is 56.9 Å². The number of carbonyl (C=O) groups excluding carboxylic acids is 7. The van der Waals surface area contributed by atoms with Crippen LogP contribution in [0.5, 0.6) is 0 Å². The first-order valence-electron chi connectivity index (χ1n) is 30.3. The van der Waals surface area contributed by atoms with Crippen molar-refractivity contribution in [3.8, 4) is 23.2 Å². The van der Waals surface area contributed by atoms with E-state index in [9.17, 15) is 58.5 Å². The number of Topliss-reactive ketones (excluding diaryl/α,β-unsaturated/α-hetero) is 1. The second kappa shape index (κ2) is 39.3. The van der Waals surface area contributed by atoms with E-state index in [0.717, 1.165) is 11.8 Å². The van der Waals surface area contributed by atoms with Crippen molar-refractivity contribution in [1.29, 1.82) is 0 Å². The number of cyclic esters (lactones) is 1. The molecular weight excluding hydrogens is 1240 g/mol. The number of methoxy groups -OCH3 is 5. The average molecular weight is 1330 g/mol. The number of nitrogens with two attached hydrogens (primary N) is 1. The zero-order valence-corrected chi connectivity index (χ0v) is 55.4. The maximum Gasteiger partial charge on any atom is 0.337 e. The first-order chi connectivity index (χ1) is 44.2. The molecular formula is C62H91N7O23S. The van der Waals surface area contributed by atoms with Gasteiger partial charge in [-0.3, -0.25) is 38.4 Å². The maximum atomic E-state index is 14.5. The lowest BCUT2D eigenvalue weighted by molar-refractivity contribution is -0.173. The number of fused-ring (bicyclic) bond motifs is 8. The third-order valence-electron chi connectivity index (χ3n) is 16.0. The lowest BCUT2D eigenvalue weighted by Crippen LogP contribution is -2.49. The number of amides is 3. The zero-order valence-electron chi connectivity index (χ0n) is 54.6. The van der Waals surface area contributed by atoms with E-state index in [1.807, 2.05) is 13.8 Å². The minimum absolute atomic E-state index is 0.0198. The molecule has 3 aromatic rings. The molecule has 518 valence electrons. The molecule has 0 fully saturated rings. The van der Waals surface area contributed by atoms with Crippen LogP contribution in [0.15, 0.2) is 50.4 Å². The summed E-state index contributed by atoms with van der Waals surface area (Å²) in [6.07, 6.45) is 2.38. The van der Waals surface area contributed by atoms with Crippen molar-refractivity contribution in [2.24, 2.45) is 35.3 Å². The monoisotopic (exact) mass is 1330 g/mol. The molecule has 1 aliphatic rings. The van der Waals surface area contributed by atoms with Crippen molar-refractivity contribution < 1.29 is 110 Å². The molecule has 0 aromatic carbocycles. The van der Waals surface area contributed by atoms with Gasteiger partial charge in [-0.2, -0.15) is 11.8 Å². The Kier molecular flexibility index (Phi) is 33.0. The number of ether oxygens (including phenoxy) is 8. The van der Waals surface area contributed by atoms with E-state index in [1.165, 1.54) is 72.4 Å². The van der Waals surface area contributed by atoms with Gasteiger partial charge in [0, 0.05) is 110 Å². The Morgan fingerprint density at radius 2 is 1.57 bits per heavy atom. The Balaban J connectivity index is 1.76. The number of carboxylic acids is 2. The maximum absolute atomic E-state index is 14.5. The number of hydrogen-bond acceptors (Lipinski definition) is 26. The number of nitrogens with zero attached hydrogens (tertiary/aromatic N) is 4. The summed E-state index contributed by atoms with van der Waals surface area (Å²) in [5.74, 6) is -10.1. The van der Waals surface area contributed by atoms with Crippen LogP contribution in [-0.2, 0) is 81.0 Å². The Labute approximate surface area is 544 Å². The molecule has 3 amide bonds. The first-order valence-corrected chi connectivity index (χ1v) is 31.4. The third-order valence-corrected chi connectivity index (χ3v) is 17.3. The van der Waals surface area contributed by atoms with Crippen molar-refractivity contribution in [2.45, 2.75) is 165 Å². The highest BCUT2D eigenvalue weighted by Gasteiger charge is 2.39. The number of aliphatic hydroxyl groups is 1. The second-order valence-electron chi connectivity index (χ2n) is 23.0. The van der Waals surface area contributed by atoms with E-state index >= 15 is 0 Å². The summed E-state index contributed by atoms with van der Waals surface area (Å²) < 4.78 is 64.2. The lowest BCUT2D eigenvalue weighted by atomic mass is 9.83. The van der Waals surface area contributed by atoms with Crippen LogP contribution in [0.4, 0.5) is 0 Å². The molecule has 3 aromatic heterocycles. The number of carbonyl (C=O) groups is 9. The smallest absolute Gasteiger partial charge is 0.337 e. The SMILES string of the molecule is COC[C@@H](OC)C(=O)O[C@H](CC[C@H](C)[C@H](C[C@@H]1OC(=O)C[C@@H](O)C[C@H](SC[C@H](NC(=O)CC[C@H](N)C(=O)O)C(=O)NCC(=O)O)CC(=O)[C@@H](C)[C@H](OC)c2coc(n2)-c2coc(n2)-c2coc(n2)C=CC[C@H](OC)[C@@H]1C)OC)[C@H](C)[C@H](OC(C)=O)[C@@H](C)C=CN(C)C=O. The molecule has 16 atom stereocenters. The quantitative estimate of drug-likeness (QED) is 0.0283. The molecule has 6 bridgehead atoms. The summed E-state index contributed by atoms with van der Waals surface area (Å²) in [5.41, 5.74) is 6.23. The number of esters is 3. The van der Waals surface area contributed by atoms with Gasteiger partial charge in [0.05, 0.1) is 31.3 Å². The average Bonchev–Trinajstić information content (AvgIpc) is 1.79. The van der Waals surface area contributed by atoms with E-state index in [1.54, 1.807) is 46.0 Å². The summed E-state index contributed by atoms with van der Waals surface area (Å²) >= 11 is 0.960. The number of nitrogens with one attached hydrogen (secondary N) is 2. The van der Waals surface area contributed by atoms with Crippen LogP contribution < -0.4 is 16.4 Å². The van der Waals surface area contributed by atoms with E-state index < -0.39 is 157 Å². The predicted molar refractivity (Wildman–Crippen MR) is 332 cm³/mol. The molecule has 0 saturated heterocycles. The zero-order chi connectivity index (χ0) is 69.1. The fraction of sp³-hybridized carbons (Fsp3) is 0.645. The molecule has 4 rings (SSSR count). The van der Waals surface area contributed by atoms with Gasteiger partial charge >= 0.3 is 29.8 Å². The Morgan fingerprint density at radius 3 is 2.20 bits per heavy atom. The third kappa shape index (κ3) is 25.1. The number of aliphatic hydroxyl groups excluding tert-OH is 1. The Hall–Kier alpha value is -7.39. The van der Waals surface area contributed by atoms with Crippen LogP contribution >= 0.6 is 11.8 Å². The van der Waals surface area contributed by atoms with Crippen molar-refractivity contribution >= 4 is 71.7 Å². The van der Waals surface area contributed by atoms with E-state index in [0.29, 0.717) is 12.8 Å². The van der Waals surface area contributed by atoms with Gasteiger partial charge in [0.25, 0.3) is 0 Å². The fourth-order valence-electron chi connectivity index (χ4n) is 10.4. The number of ketones is 1. The molecule has 0 spiro atoms. The number of thioether (sulfide) groups is 1. The Bertz CT molecular complexity index is 2950. The van der Waals surface area contributed by atoms with Gasteiger partial charge < -0.3 is 87.7 Å². The number of rotatable bonds is 32. The normalized spacial score (nSPS) is 22.2. The van der Waals surface area contributed by atoms with E-state index in [2.05, 4.69) is 25.6 Å². The van der Waals surface area contributed by atoms with Crippen LogP contribution in [0, 0.1) is 29.6 Å². The number of oxazole rings is 3. The van der Waals surface area contributed by atoms with Gasteiger partial charge in [0.2, 0.25) is 35.9 Å². The number of hydrogen-bond donors (Lipinski definition) is 6. The van der Waals surface area contributed by atoms with Crippen molar-refractivity contribution in [1.82, 2.24) is 30.5 Å². The summed E-state index contributed by atoms with van der Waals surface area (Å²) in [6.45, 7) is 9.20. The van der Waals surface area contributed by atoms with Crippen LogP contribution in [0.25, 0.3) is 29.2 Å². The molecule has 93 heavy (non-hydrogen) atoms. The van der Waals surface area contributed by atoms with Crippen LogP contribution in [0.3, 0.4) is 0 Å². The lowest BCUT2D eigenvalue weighted by Gasteiger charge is -2.35. The minimum atomic E-state index is -1.51. The fourth-order valence-corrected chi connectivity index (χ4v) is 11.8. The highest BCUT2D eigenvalue weighted by atomic mass is 32.2. The molecule has 0 radical (unpaired) electrons. The van der Waals surface area contributed by atoms with Gasteiger partial charge in [-0.25, -0.2) is 19.7 Å². The van der Waals surface area contributed by atoms with Gasteiger partial charge in [-0.1, -0.05) is 46.8 Å². The van der Waals surface area contributed by atoms with Gasteiger partial charge in [-0.15, -0.1) is 0 Å². The summed E-state index contributed by atoms with van der Waals surface area (Å²) in [6, 6.07) is -2.85. The number of aromatic nitrogens is 3. The summed E-state index contributed by atoms with van der Waals surface area (Å²) in [4.78, 5) is 131. The topological polar surface area (TPSA) is 420 Å². The summed E-state index contributed by atoms with van der Waals surface area (Å²) in [5, 5.41) is 34.3. The van der Waals surface area contributed by atoms with Crippen LogP contribution in [0.2, 0.25) is 0 Å². The molecule has 7 N–H and O–H groups in total. The molecule has 1 aliphatic heterocycles. The Morgan fingerprint density at radius 1 is 0.882 bits per heavy atom. The summed E-state index contributed by atoms with van der Waals surface area (Å²) in [7, 11) is 8.63. The van der Waals surface area contributed by atoms with Crippen LogP contribution in [0.1, 0.15) is 117 Å². The van der Waals surface area contributed by atoms with Crippen molar-refractivity contribution in [2.75, 3.05) is 61.5 Å². The van der Waals surface area contributed by atoms with Gasteiger partial charge in [0.15, 0.2) is 17.5 Å². The van der Waals surface area contributed by atoms with Crippen molar-refractivity contribution in [3.63, 3.8) is 0 Å². The molecule has 0 saturated carbocycles. The first kappa shape index (κ1) is 78.1. The number of aliphatic carboxylic acids is 2. The second-order valence-corrected chi connectivity index (χ2v) is 24.3. The van der Waals surface area contributed by atoms with Gasteiger partial charge in [0.1, 0.15) is 73.3 Å². The number of carboxylic acid groups (broad SMARTS) is 2. The highest BCUT2D eigenvalue weighted by molar-refractivity contribution is 8.00. The molecule has 0 aliphatic carbocycles. The molecule has 0 unspecified atom stereocenters. The largest absolute Gasteiger partial charge is 0.480 e.